The van der Waals surface area contributed by atoms with Crippen LogP contribution in [0.1, 0.15) is 31.2 Å². The Morgan fingerprint density at radius 3 is 2.72 bits per heavy atom. The second kappa shape index (κ2) is 7.01. The zero-order valence-corrected chi connectivity index (χ0v) is 12.0. The summed E-state index contributed by atoms with van der Waals surface area (Å²) in [6.07, 6.45) is 5.37. The van der Waals surface area contributed by atoms with Gasteiger partial charge in [-0.3, -0.25) is 0 Å². The Hall–Kier alpha value is -0.730. The molecule has 2 nitrogen and oxygen atoms in total. The van der Waals surface area contributed by atoms with Crippen LogP contribution in [0.3, 0.4) is 0 Å². The molecule has 0 amide bonds. The van der Waals surface area contributed by atoms with E-state index in [9.17, 15) is 0 Å². The number of nitrogens with zero attached hydrogens (tertiary/aromatic N) is 1. The van der Waals surface area contributed by atoms with Crippen LogP contribution in [0.25, 0.3) is 0 Å². The number of likely N-dealkylation sites (tertiary alicyclic amines) is 1. The predicted octanol–water partition coefficient (Wildman–Crippen LogP) is 3.94. The largest absolute Gasteiger partial charge is 0.385 e. The molecule has 100 valence electrons. The Morgan fingerprint density at radius 1 is 1.22 bits per heavy atom. The highest BCUT2D eigenvalue weighted by Gasteiger charge is 2.08. The van der Waals surface area contributed by atoms with Crippen LogP contribution in [0.15, 0.2) is 18.2 Å². The van der Waals surface area contributed by atoms with E-state index in [-0.39, 0.29) is 0 Å². The standard InChI is InChI=1S/C15H23ClN2/c1-13-6-7-14(12-15(13)16)17-8-5-11-18-9-3-2-4-10-18/h6-7,12,17H,2-5,8-11H2,1H3. The van der Waals surface area contributed by atoms with Crippen molar-refractivity contribution in [2.75, 3.05) is 31.5 Å². The molecule has 0 bridgehead atoms. The molecular formula is C15H23ClN2. The fourth-order valence-electron chi connectivity index (χ4n) is 2.42. The van der Waals surface area contributed by atoms with Crippen LogP contribution in [-0.4, -0.2) is 31.1 Å². The summed E-state index contributed by atoms with van der Waals surface area (Å²) in [5, 5.41) is 4.28. The van der Waals surface area contributed by atoms with Crippen LogP contribution in [0.2, 0.25) is 5.02 Å². The van der Waals surface area contributed by atoms with Crippen LogP contribution >= 0.6 is 11.6 Å². The Morgan fingerprint density at radius 2 is 2.00 bits per heavy atom. The lowest BCUT2D eigenvalue weighted by Crippen LogP contribution is -2.31. The summed E-state index contributed by atoms with van der Waals surface area (Å²) in [5.41, 5.74) is 2.26. The number of nitrogens with one attached hydrogen (secondary N) is 1. The van der Waals surface area contributed by atoms with E-state index in [2.05, 4.69) is 22.3 Å². The van der Waals surface area contributed by atoms with Crippen LogP contribution in [0, 0.1) is 6.92 Å². The van der Waals surface area contributed by atoms with E-state index >= 15 is 0 Å². The molecule has 1 aliphatic heterocycles. The summed E-state index contributed by atoms with van der Waals surface area (Å²) in [7, 11) is 0. The van der Waals surface area contributed by atoms with Crippen molar-refractivity contribution >= 4 is 17.3 Å². The minimum absolute atomic E-state index is 0.844. The molecule has 18 heavy (non-hydrogen) atoms. The van der Waals surface area contributed by atoms with E-state index in [1.165, 1.54) is 45.3 Å². The highest BCUT2D eigenvalue weighted by atomic mass is 35.5. The SMILES string of the molecule is Cc1ccc(NCCCN2CCCCC2)cc1Cl. The van der Waals surface area contributed by atoms with Crippen molar-refractivity contribution in [1.29, 1.82) is 0 Å². The summed E-state index contributed by atoms with van der Waals surface area (Å²) >= 11 is 6.10. The number of rotatable bonds is 5. The zero-order valence-electron chi connectivity index (χ0n) is 11.2. The maximum absolute atomic E-state index is 6.10. The molecule has 1 heterocycles. The van der Waals surface area contributed by atoms with E-state index in [0.29, 0.717) is 0 Å². The first kappa shape index (κ1) is 13.7. The Labute approximate surface area is 115 Å². The number of anilines is 1. The van der Waals surface area contributed by atoms with E-state index < -0.39 is 0 Å². The molecule has 1 aromatic rings. The second-order valence-corrected chi connectivity index (χ2v) is 5.55. The van der Waals surface area contributed by atoms with Gasteiger partial charge in [-0.1, -0.05) is 24.1 Å². The predicted molar refractivity (Wildman–Crippen MR) is 79.6 cm³/mol. The molecule has 1 saturated heterocycles. The van der Waals surface area contributed by atoms with Gasteiger partial charge in [0.1, 0.15) is 0 Å². The third kappa shape index (κ3) is 4.18. The molecule has 0 aromatic heterocycles. The maximum Gasteiger partial charge on any atom is 0.0455 e. The lowest BCUT2D eigenvalue weighted by Gasteiger charge is -2.26. The van der Waals surface area contributed by atoms with Gasteiger partial charge in [0.25, 0.3) is 0 Å². The van der Waals surface area contributed by atoms with Gasteiger partial charge in [-0.05, 0) is 63.5 Å². The molecule has 3 heteroatoms. The number of aryl methyl sites for hydroxylation is 1. The second-order valence-electron chi connectivity index (χ2n) is 5.15. The van der Waals surface area contributed by atoms with Gasteiger partial charge >= 0.3 is 0 Å². The number of hydrogen-bond donors (Lipinski definition) is 1. The molecule has 1 fully saturated rings. The Balaban J connectivity index is 1.66. The first-order chi connectivity index (χ1) is 8.75. The van der Waals surface area contributed by atoms with Gasteiger partial charge < -0.3 is 10.2 Å². The summed E-state index contributed by atoms with van der Waals surface area (Å²) < 4.78 is 0. The van der Waals surface area contributed by atoms with Crippen molar-refractivity contribution in [2.45, 2.75) is 32.6 Å². The zero-order chi connectivity index (χ0) is 12.8. The van der Waals surface area contributed by atoms with Crippen molar-refractivity contribution in [3.8, 4) is 0 Å². The van der Waals surface area contributed by atoms with Gasteiger partial charge in [-0.15, -0.1) is 0 Å². The lowest BCUT2D eigenvalue weighted by atomic mass is 10.1. The minimum atomic E-state index is 0.844. The highest BCUT2D eigenvalue weighted by Crippen LogP contribution is 2.19. The average Bonchev–Trinajstić information content (AvgIpc) is 2.40. The molecule has 2 rings (SSSR count). The van der Waals surface area contributed by atoms with Crippen LogP contribution in [0.5, 0.6) is 0 Å². The Bertz CT molecular complexity index is 373. The van der Waals surface area contributed by atoms with Gasteiger partial charge in [0, 0.05) is 17.3 Å². The quantitative estimate of drug-likeness (QED) is 0.813. The van der Waals surface area contributed by atoms with Crippen molar-refractivity contribution in [1.82, 2.24) is 4.90 Å². The number of halogens is 1. The molecule has 1 N–H and O–H groups in total. The summed E-state index contributed by atoms with van der Waals surface area (Å²) in [5.74, 6) is 0. The molecule has 1 aromatic carbocycles. The van der Waals surface area contributed by atoms with Crippen molar-refractivity contribution < 1.29 is 0 Å². The average molecular weight is 267 g/mol. The summed E-state index contributed by atoms with van der Waals surface area (Å²) in [6.45, 7) is 6.84. The number of hydrogen-bond acceptors (Lipinski definition) is 2. The molecule has 0 radical (unpaired) electrons. The van der Waals surface area contributed by atoms with Gasteiger partial charge in [0.05, 0.1) is 0 Å². The fourth-order valence-corrected chi connectivity index (χ4v) is 2.60. The fraction of sp³-hybridized carbons (Fsp3) is 0.600. The van der Waals surface area contributed by atoms with E-state index in [1.54, 1.807) is 0 Å². The van der Waals surface area contributed by atoms with Gasteiger partial charge in [0.15, 0.2) is 0 Å². The topological polar surface area (TPSA) is 15.3 Å². The smallest absolute Gasteiger partial charge is 0.0455 e. The maximum atomic E-state index is 6.10. The molecule has 0 aliphatic carbocycles. The van der Waals surface area contributed by atoms with Crippen molar-refractivity contribution in [3.05, 3.63) is 28.8 Å². The molecule has 1 aliphatic rings. The molecule has 0 atom stereocenters. The number of piperidine rings is 1. The summed E-state index contributed by atoms with van der Waals surface area (Å²) in [4.78, 5) is 2.58. The van der Waals surface area contributed by atoms with E-state index in [0.717, 1.165) is 22.8 Å². The molecular weight excluding hydrogens is 244 g/mol. The normalized spacial score (nSPS) is 16.8. The molecule has 0 saturated carbocycles. The first-order valence-corrected chi connectivity index (χ1v) is 7.36. The monoisotopic (exact) mass is 266 g/mol. The minimum Gasteiger partial charge on any atom is -0.385 e. The van der Waals surface area contributed by atoms with E-state index in [4.69, 9.17) is 11.6 Å². The van der Waals surface area contributed by atoms with Crippen LogP contribution < -0.4 is 5.32 Å². The third-order valence-corrected chi connectivity index (χ3v) is 4.01. The third-order valence-electron chi connectivity index (χ3n) is 3.60. The van der Waals surface area contributed by atoms with Gasteiger partial charge in [-0.2, -0.15) is 0 Å². The van der Waals surface area contributed by atoms with Gasteiger partial charge in [0.2, 0.25) is 0 Å². The van der Waals surface area contributed by atoms with Crippen molar-refractivity contribution in [3.63, 3.8) is 0 Å². The Kier molecular flexibility index (Phi) is 5.33. The van der Waals surface area contributed by atoms with Crippen LogP contribution in [0.4, 0.5) is 5.69 Å². The first-order valence-electron chi connectivity index (χ1n) is 6.98. The number of benzene rings is 1. The van der Waals surface area contributed by atoms with Crippen molar-refractivity contribution in [2.24, 2.45) is 0 Å². The van der Waals surface area contributed by atoms with E-state index in [1.807, 2.05) is 13.0 Å². The van der Waals surface area contributed by atoms with Crippen LogP contribution in [-0.2, 0) is 0 Å². The summed E-state index contributed by atoms with van der Waals surface area (Å²) in [6, 6.07) is 6.18. The highest BCUT2D eigenvalue weighted by molar-refractivity contribution is 6.31. The lowest BCUT2D eigenvalue weighted by molar-refractivity contribution is 0.228. The molecule has 0 spiro atoms. The molecule has 0 unspecified atom stereocenters. The van der Waals surface area contributed by atoms with Gasteiger partial charge in [-0.25, -0.2) is 0 Å².